The number of amides is 1. The molecule has 1 amide bonds. The molecule has 0 bridgehead atoms. The molecule has 6 nitrogen and oxygen atoms in total. The van der Waals surface area contributed by atoms with E-state index in [4.69, 9.17) is 9.47 Å². The fourth-order valence-corrected chi connectivity index (χ4v) is 6.95. The predicted octanol–water partition coefficient (Wildman–Crippen LogP) is 5.87. The summed E-state index contributed by atoms with van der Waals surface area (Å²) in [5.74, 6) is 1.01. The number of benzene rings is 1. The number of ether oxygens (including phenoxy) is 2. The summed E-state index contributed by atoms with van der Waals surface area (Å²) in [5.41, 5.74) is 7.08. The van der Waals surface area contributed by atoms with Crippen molar-refractivity contribution < 1.29 is 19.1 Å². The van der Waals surface area contributed by atoms with E-state index in [1.54, 1.807) is 0 Å². The van der Waals surface area contributed by atoms with Crippen molar-refractivity contribution in [2.24, 2.45) is 5.92 Å². The molecule has 204 valence electrons. The van der Waals surface area contributed by atoms with Gasteiger partial charge >= 0.3 is 0 Å². The molecular weight excluding hydrogens is 476 g/mol. The largest absolute Gasteiger partial charge is 0.448 e. The van der Waals surface area contributed by atoms with Gasteiger partial charge in [0, 0.05) is 55.1 Å². The van der Waals surface area contributed by atoms with Crippen LogP contribution in [0.3, 0.4) is 0 Å². The Labute approximate surface area is 227 Å². The van der Waals surface area contributed by atoms with Crippen molar-refractivity contribution in [1.82, 2.24) is 9.80 Å². The van der Waals surface area contributed by atoms with Crippen molar-refractivity contribution in [3.63, 3.8) is 0 Å². The molecule has 1 saturated carbocycles. The van der Waals surface area contributed by atoms with Crippen LogP contribution in [0, 0.1) is 12.8 Å². The first-order valence-corrected chi connectivity index (χ1v) is 14.0. The number of allylic oxidation sites excluding steroid dienone is 4. The van der Waals surface area contributed by atoms with E-state index < -0.39 is 5.79 Å². The molecule has 0 N–H and O–H groups in total. The second kappa shape index (κ2) is 9.71. The monoisotopic (exact) mass is 518 g/mol. The number of carbonyl (C=O) groups is 2. The molecule has 38 heavy (non-hydrogen) atoms. The zero-order valence-corrected chi connectivity index (χ0v) is 24.1. The van der Waals surface area contributed by atoms with Gasteiger partial charge in [-0.2, -0.15) is 0 Å². The zero-order valence-electron chi connectivity index (χ0n) is 24.1. The van der Waals surface area contributed by atoms with Gasteiger partial charge in [0.2, 0.25) is 0 Å². The summed E-state index contributed by atoms with van der Waals surface area (Å²) in [4.78, 5) is 30.9. The topological polar surface area (TPSA) is 59.1 Å². The van der Waals surface area contributed by atoms with Gasteiger partial charge in [-0.3, -0.25) is 9.59 Å². The maximum Gasteiger partial charge on any atom is 0.254 e. The molecule has 2 heterocycles. The molecule has 5 rings (SSSR count). The molecule has 0 aromatic heterocycles. The van der Waals surface area contributed by atoms with Crippen LogP contribution in [0.2, 0.25) is 0 Å². The van der Waals surface area contributed by atoms with Crippen LogP contribution in [0.5, 0.6) is 11.5 Å². The molecule has 1 atom stereocenters. The summed E-state index contributed by atoms with van der Waals surface area (Å²) in [5, 5.41) is 0. The Hall–Kier alpha value is -2.86. The van der Waals surface area contributed by atoms with E-state index in [-0.39, 0.29) is 17.6 Å². The van der Waals surface area contributed by atoms with Crippen LogP contribution in [0.1, 0.15) is 86.8 Å². The molecule has 2 aliphatic heterocycles. The molecule has 1 fully saturated rings. The van der Waals surface area contributed by atoms with Gasteiger partial charge in [-0.15, -0.1) is 0 Å². The van der Waals surface area contributed by atoms with Crippen LogP contribution in [0.25, 0.3) is 5.57 Å². The Morgan fingerprint density at radius 2 is 1.76 bits per heavy atom. The number of nitrogens with zero attached hydrogens (tertiary/aromatic N) is 2. The number of Topliss-reactive ketones (excluding diaryl/α,β-unsaturated/α-hetero) is 1. The van der Waals surface area contributed by atoms with Crippen molar-refractivity contribution in [2.45, 2.75) is 85.0 Å². The van der Waals surface area contributed by atoms with Gasteiger partial charge in [0.05, 0.1) is 5.56 Å². The van der Waals surface area contributed by atoms with Gasteiger partial charge in [0.1, 0.15) is 0 Å². The number of hydrogen-bond donors (Lipinski definition) is 0. The SMILES string of the molecule is C=C(C)c1c2c(c(C)c3c1OC(C)(C1CCC(N(C)C)CC1)O3)C(=O)N(CC1=C(C)C=C(C)CC1=O)CC2. The molecule has 4 aliphatic rings. The van der Waals surface area contributed by atoms with E-state index in [9.17, 15) is 9.59 Å². The lowest BCUT2D eigenvalue weighted by atomic mass is 9.81. The fourth-order valence-electron chi connectivity index (χ4n) is 6.95. The van der Waals surface area contributed by atoms with E-state index in [0.717, 1.165) is 70.4 Å². The van der Waals surface area contributed by atoms with Gasteiger partial charge in [-0.25, -0.2) is 0 Å². The minimum Gasteiger partial charge on any atom is -0.448 e. The van der Waals surface area contributed by atoms with Crippen molar-refractivity contribution in [2.75, 3.05) is 27.2 Å². The highest BCUT2D eigenvalue weighted by Gasteiger charge is 2.49. The molecule has 0 radical (unpaired) electrons. The summed E-state index contributed by atoms with van der Waals surface area (Å²) in [6.45, 7) is 15.1. The lowest BCUT2D eigenvalue weighted by molar-refractivity contribution is -0.123. The summed E-state index contributed by atoms with van der Waals surface area (Å²) in [7, 11) is 4.30. The minimum atomic E-state index is -0.762. The maximum absolute atomic E-state index is 14.0. The predicted molar refractivity (Wildman–Crippen MR) is 151 cm³/mol. The van der Waals surface area contributed by atoms with E-state index >= 15 is 0 Å². The number of fused-ring (bicyclic) bond motifs is 2. The Morgan fingerprint density at radius 1 is 1.11 bits per heavy atom. The summed E-state index contributed by atoms with van der Waals surface area (Å²) < 4.78 is 13.4. The van der Waals surface area contributed by atoms with Crippen LogP contribution in [-0.4, -0.2) is 60.5 Å². The molecule has 0 spiro atoms. The first-order chi connectivity index (χ1) is 17.9. The van der Waals surface area contributed by atoms with Gasteiger partial charge in [-0.05, 0) is 90.6 Å². The fraction of sp³-hybridized carbons (Fsp3) is 0.562. The summed E-state index contributed by atoms with van der Waals surface area (Å²) in [6, 6.07) is 0.594. The van der Waals surface area contributed by atoms with Crippen molar-refractivity contribution >= 4 is 17.3 Å². The first-order valence-electron chi connectivity index (χ1n) is 14.0. The van der Waals surface area contributed by atoms with Gasteiger partial charge in [-0.1, -0.05) is 18.2 Å². The smallest absolute Gasteiger partial charge is 0.254 e. The van der Waals surface area contributed by atoms with E-state index in [0.29, 0.717) is 43.3 Å². The second-order valence-corrected chi connectivity index (χ2v) is 12.2. The number of hydrogen-bond acceptors (Lipinski definition) is 5. The standard InChI is InChI=1S/C32H42N2O4/c1-18(2)27-24-13-14-34(17-25-20(4)15-19(3)16-26(25)35)31(36)28(24)21(5)29-30(27)38-32(6,37-29)22-9-11-23(12-10-22)33(7)8/h15,22-23H,1,9-14,16-17H2,2-8H3. The third-order valence-corrected chi connectivity index (χ3v) is 9.15. The van der Waals surface area contributed by atoms with Crippen LogP contribution >= 0.6 is 0 Å². The van der Waals surface area contributed by atoms with Crippen molar-refractivity contribution in [1.29, 1.82) is 0 Å². The average Bonchev–Trinajstić information content (AvgIpc) is 3.21. The number of ketones is 1. The average molecular weight is 519 g/mol. The first kappa shape index (κ1) is 26.7. The number of carbonyl (C=O) groups excluding carboxylic acids is 2. The Bertz CT molecular complexity index is 1280. The minimum absolute atomic E-state index is 0.0443. The van der Waals surface area contributed by atoms with E-state index in [1.807, 2.05) is 32.6 Å². The number of rotatable bonds is 5. The van der Waals surface area contributed by atoms with Gasteiger partial charge in [0.25, 0.3) is 11.7 Å². The highest BCUT2D eigenvalue weighted by molar-refractivity contribution is 6.04. The third kappa shape index (κ3) is 4.41. The summed E-state index contributed by atoms with van der Waals surface area (Å²) >= 11 is 0. The lowest BCUT2D eigenvalue weighted by Gasteiger charge is -2.39. The van der Waals surface area contributed by atoms with Gasteiger partial charge in [0.15, 0.2) is 17.3 Å². The van der Waals surface area contributed by atoms with Crippen molar-refractivity contribution in [3.05, 3.63) is 51.6 Å². The zero-order chi connectivity index (χ0) is 27.5. The molecule has 6 heteroatoms. The van der Waals surface area contributed by atoms with Gasteiger partial charge < -0.3 is 19.3 Å². The highest BCUT2D eigenvalue weighted by atomic mass is 16.7. The lowest BCUT2D eigenvalue weighted by Crippen LogP contribution is -2.46. The molecule has 1 aromatic carbocycles. The quantitative estimate of drug-likeness (QED) is 0.488. The Balaban J connectivity index is 1.48. The molecule has 1 aromatic rings. The van der Waals surface area contributed by atoms with Crippen LogP contribution < -0.4 is 9.47 Å². The molecular formula is C32H42N2O4. The molecule has 1 unspecified atom stereocenters. The third-order valence-electron chi connectivity index (χ3n) is 9.15. The van der Waals surface area contributed by atoms with E-state index in [1.165, 1.54) is 0 Å². The van der Waals surface area contributed by atoms with Crippen LogP contribution in [0.15, 0.2) is 29.4 Å². The van der Waals surface area contributed by atoms with E-state index in [2.05, 4.69) is 38.6 Å². The van der Waals surface area contributed by atoms with Crippen LogP contribution in [0.4, 0.5) is 0 Å². The Morgan fingerprint density at radius 3 is 2.37 bits per heavy atom. The summed E-state index contributed by atoms with van der Waals surface area (Å²) in [6.07, 6.45) is 7.51. The molecule has 2 aliphatic carbocycles. The second-order valence-electron chi connectivity index (χ2n) is 12.2. The normalized spacial score (nSPS) is 27.2. The molecule has 0 saturated heterocycles. The maximum atomic E-state index is 14.0. The van der Waals surface area contributed by atoms with Crippen molar-refractivity contribution in [3.8, 4) is 11.5 Å². The Kier molecular flexibility index (Phi) is 6.83. The van der Waals surface area contributed by atoms with Crippen LogP contribution in [-0.2, 0) is 11.2 Å². The highest BCUT2D eigenvalue weighted by Crippen LogP contribution is 2.53.